The quantitative estimate of drug-likeness (QED) is 0.745. The number of thiazole rings is 1. The second-order valence-electron chi connectivity index (χ2n) is 4.53. The van der Waals surface area contributed by atoms with E-state index in [2.05, 4.69) is 9.98 Å². The van der Waals surface area contributed by atoms with Crippen LogP contribution in [0.4, 0.5) is 5.13 Å². The first-order valence-corrected chi connectivity index (χ1v) is 7.81. The van der Waals surface area contributed by atoms with Gasteiger partial charge in [-0.15, -0.1) is 0 Å². The number of aromatic hydroxyl groups is 1. The molecule has 0 fully saturated rings. The molecule has 0 amide bonds. The first kappa shape index (κ1) is 14.7. The van der Waals surface area contributed by atoms with E-state index in [0.29, 0.717) is 26.9 Å². The van der Waals surface area contributed by atoms with Crippen LogP contribution in [0.15, 0.2) is 40.2 Å². The van der Waals surface area contributed by atoms with E-state index in [4.69, 9.17) is 11.6 Å². The molecule has 0 radical (unpaired) electrons. The molecule has 0 saturated carbocycles. The molecule has 0 aliphatic rings. The van der Waals surface area contributed by atoms with E-state index in [1.165, 1.54) is 23.7 Å². The third-order valence-electron chi connectivity index (χ3n) is 3.27. The van der Waals surface area contributed by atoms with Crippen molar-refractivity contribution in [3.63, 3.8) is 0 Å². The monoisotopic (exact) mass is 333 g/mol. The molecule has 7 heteroatoms. The lowest BCUT2D eigenvalue weighted by Crippen LogP contribution is -2.23. The third kappa shape index (κ3) is 2.51. The van der Waals surface area contributed by atoms with Crippen LogP contribution in [0.2, 0.25) is 4.34 Å². The predicted molar refractivity (Wildman–Crippen MR) is 89.9 cm³/mol. The van der Waals surface area contributed by atoms with Crippen LogP contribution >= 0.6 is 22.9 Å². The van der Waals surface area contributed by atoms with Crippen LogP contribution in [-0.2, 0) is 6.54 Å². The Morgan fingerprint density at radius 1 is 1.45 bits per heavy atom. The van der Waals surface area contributed by atoms with Gasteiger partial charge in [0.2, 0.25) is 5.13 Å². The zero-order valence-electron chi connectivity index (χ0n) is 11.7. The average Bonchev–Trinajstić information content (AvgIpc) is 2.93. The first-order valence-electron chi connectivity index (χ1n) is 6.61. The number of rotatable bonds is 3. The van der Waals surface area contributed by atoms with Crippen molar-refractivity contribution in [2.45, 2.75) is 13.5 Å². The summed E-state index contributed by atoms with van der Waals surface area (Å²) in [6.07, 6.45) is 2.83. The highest BCUT2D eigenvalue weighted by molar-refractivity contribution is 7.19. The van der Waals surface area contributed by atoms with Crippen LogP contribution in [0.3, 0.4) is 0 Å². The van der Waals surface area contributed by atoms with E-state index in [1.807, 2.05) is 25.1 Å². The van der Waals surface area contributed by atoms with Crippen molar-refractivity contribution in [2.24, 2.45) is 4.99 Å². The highest BCUT2D eigenvalue weighted by Gasteiger charge is 2.13. The summed E-state index contributed by atoms with van der Waals surface area (Å²) in [5.74, 6) is -0.0725. The van der Waals surface area contributed by atoms with Gasteiger partial charge in [0.1, 0.15) is 15.6 Å². The predicted octanol–water partition coefficient (Wildman–Crippen LogP) is 3.59. The number of para-hydroxylation sites is 1. The topological polar surface area (TPSA) is 67.5 Å². The van der Waals surface area contributed by atoms with Crippen LogP contribution in [0.25, 0.3) is 10.9 Å². The molecule has 0 bridgehead atoms. The van der Waals surface area contributed by atoms with Crippen molar-refractivity contribution >= 4 is 45.2 Å². The van der Waals surface area contributed by atoms with Gasteiger partial charge < -0.3 is 9.67 Å². The van der Waals surface area contributed by atoms with Crippen LogP contribution < -0.4 is 5.56 Å². The van der Waals surface area contributed by atoms with Gasteiger partial charge in [0.05, 0.1) is 11.7 Å². The molecule has 5 nitrogen and oxygen atoms in total. The molecular weight excluding hydrogens is 322 g/mol. The van der Waals surface area contributed by atoms with E-state index in [-0.39, 0.29) is 16.9 Å². The minimum absolute atomic E-state index is 0.0725. The van der Waals surface area contributed by atoms with Crippen LogP contribution in [0.5, 0.6) is 5.75 Å². The number of hydrogen-bond donors (Lipinski definition) is 1. The molecule has 0 atom stereocenters. The lowest BCUT2D eigenvalue weighted by atomic mass is 10.1. The Kier molecular flexibility index (Phi) is 3.96. The molecule has 0 aliphatic carbocycles. The van der Waals surface area contributed by atoms with Crippen molar-refractivity contribution in [3.05, 3.63) is 50.7 Å². The van der Waals surface area contributed by atoms with E-state index in [9.17, 15) is 9.90 Å². The number of benzene rings is 1. The molecule has 0 saturated heterocycles. The van der Waals surface area contributed by atoms with E-state index < -0.39 is 0 Å². The lowest BCUT2D eigenvalue weighted by molar-refractivity contribution is 0.478. The fourth-order valence-electron chi connectivity index (χ4n) is 2.27. The fourth-order valence-corrected chi connectivity index (χ4v) is 3.01. The summed E-state index contributed by atoms with van der Waals surface area (Å²) < 4.78 is 2.12. The summed E-state index contributed by atoms with van der Waals surface area (Å²) in [5, 5.41) is 11.4. The van der Waals surface area contributed by atoms with Gasteiger partial charge in [-0.2, -0.15) is 0 Å². The summed E-state index contributed by atoms with van der Waals surface area (Å²) in [7, 11) is 0. The average molecular weight is 334 g/mol. The number of halogens is 1. The molecule has 22 heavy (non-hydrogen) atoms. The number of aryl methyl sites for hydroxylation is 1. The number of hydrogen-bond acceptors (Lipinski definition) is 5. The second-order valence-corrected chi connectivity index (χ2v) is 6.17. The Balaban J connectivity index is 2.21. The molecule has 3 aromatic rings. The Morgan fingerprint density at radius 2 is 2.23 bits per heavy atom. The molecule has 112 valence electrons. The van der Waals surface area contributed by atoms with Crippen LogP contribution in [0, 0.1) is 0 Å². The van der Waals surface area contributed by atoms with E-state index in [1.54, 1.807) is 10.6 Å². The van der Waals surface area contributed by atoms with Gasteiger partial charge in [0, 0.05) is 18.1 Å². The highest BCUT2D eigenvalue weighted by Crippen LogP contribution is 2.27. The maximum absolute atomic E-state index is 12.5. The molecule has 3 rings (SSSR count). The van der Waals surface area contributed by atoms with Gasteiger partial charge >= 0.3 is 0 Å². The molecule has 0 aliphatic heterocycles. The number of fused-ring (bicyclic) bond motifs is 1. The van der Waals surface area contributed by atoms with Gasteiger partial charge in [-0.25, -0.2) is 9.98 Å². The summed E-state index contributed by atoms with van der Waals surface area (Å²) in [6.45, 7) is 2.38. The molecule has 2 heterocycles. The van der Waals surface area contributed by atoms with Gasteiger partial charge in [0.25, 0.3) is 5.56 Å². The zero-order valence-corrected chi connectivity index (χ0v) is 13.2. The van der Waals surface area contributed by atoms with Crippen LogP contribution in [-0.4, -0.2) is 20.9 Å². The van der Waals surface area contributed by atoms with E-state index in [0.717, 1.165) is 0 Å². The minimum Gasteiger partial charge on any atom is -0.506 e. The van der Waals surface area contributed by atoms with E-state index >= 15 is 0 Å². The van der Waals surface area contributed by atoms with Crippen molar-refractivity contribution in [3.8, 4) is 5.75 Å². The Bertz CT molecular complexity index is 930. The van der Waals surface area contributed by atoms with Gasteiger partial charge in [-0.3, -0.25) is 4.79 Å². The third-order valence-corrected chi connectivity index (χ3v) is 4.29. The first-order chi connectivity index (χ1) is 10.6. The highest BCUT2D eigenvalue weighted by atomic mass is 35.5. The molecule has 1 N–H and O–H groups in total. The Morgan fingerprint density at radius 3 is 2.91 bits per heavy atom. The second kappa shape index (κ2) is 5.90. The molecule has 0 spiro atoms. The summed E-state index contributed by atoms with van der Waals surface area (Å²) in [5.41, 5.74) is 0.555. The fraction of sp³-hybridized carbons (Fsp3) is 0.133. The maximum atomic E-state index is 12.5. The van der Waals surface area contributed by atoms with Gasteiger partial charge in [0.15, 0.2) is 0 Å². The van der Waals surface area contributed by atoms with Crippen molar-refractivity contribution in [1.29, 1.82) is 0 Å². The minimum atomic E-state index is -0.287. The smallest absolute Gasteiger partial charge is 0.263 e. The molecular formula is C15H12ClN3O2S. The summed E-state index contributed by atoms with van der Waals surface area (Å²) >= 11 is 7.00. The summed E-state index contributed by atoms with van der Waals surface area (Å²) in [4.78, 5) is 20.6. The number of pyridine rings is 1. The Hall–Kier alpha value is -2.18. The lowest BCUT2D eigenvalue weighted by Gasteiger charge is -2.11. The number of aliphatic imine (C=N–C) groups is 1. The van der Waals surface area contributed by atoms with Crippen molar-refractivity contribution in [1.82, 2.24) is 9.55 Å². The number of aromatic nitrogens is 2. The van der Waals surface area contributed by atoms with Gasteiger partial charge in [-0.05, 0) is 19.1 Å². The maximum Gasteiger partial charge on any atom is 0.263 e. The Labute approximate surface area is 135 Å². The van der Waals surface area contributed by atoms with Gasteiger partial charge in [-0.1, -0.05) is 35.1 Å². The van der Waals surface area contributed by atoms with Crippen molar-refractivity contribution in [2.75, 3.05) is 0 Å². The largest absolute Gasteiger partial charge is 0.506 e. The molecule has 2 aromatic heterocycles. The molecule has 0 unspecified atom stereocenters. The molecule has 1 aromatic carbocycles. The summed E-state index contributed by atoms with van der Waals surface area (Å²) in [6, 6.07) is 7.22. The zero-order chi connectivity index (χ0) is 15.7. The standard InChI is InChI=1S/C15H12ClN3O2S/c1-2-19-11-6-4-3-5-9(11)13(20)10(14(19)21)7-17-15-18-8-12(16)22-15/h3-8,20H,2H2,1H3/b17-7+. The normalized spacial score (nSPS) is 11.5. The SMILES string of the molecule is CCn1c(=O)c(/C=N/c2ncc(Cl)s2)c(O)c2ccccc21. The van der Waals surface area contributed by atoms with Crippen LogP contribution in [0.1, 0.15) is 12.5 Å². The number of nitrogens with zero attached hydrogens (tertiary/aromatic N) is 3. The van der Waals surface area contributed by atoms with Crippen molar-refractivity contribution < 1.29 is 5.11 Å².